The number of aryl methyl sites for hydroxylation is 1. The van der Waals surface area contributed by atoms with E-state index in [4.69, 9.17) is 4.84 Å². The van der Waals surface area contributed by atoms with E-state index in [1.807, 2.05) is 37.3 Å². The van der Waals surface area contributed by atoms with Gasteiger partial charge in [-0.15, -0.1) is 0 Å². The minimum absolute atomic E-state index is 0.0136. The number of oxime groups is 1. The summed E-state index contributed by atoms with van der Waals surface area (Å²) in [7, 11) is 0. The average molecular weight is 367 g/mol. The molecule has 0 atom stereocenters. The van der Waals surface area contributed by atoms with Gasteiger partial charge in [0.25, 0.3) is 5.91 Å². The van der Waals surface area contributed by atoms with Gasteiger partial charge in [-0.3, -0.25) is 10.2 Å². The third kappa shape index (κ3) is 3.16. The molecule has 4 rings (SSSR count). The van der Waals surface area contributed by atoms with Crippen LogP contribution in [0.25, 0.3) is 0 Å². The van der Waals surface area contributed by atoms with E-state index in [0.29, 0.717) is 12.3 Å². The first-order chi connectivity index (χ1) is 13.1. The Kier molecular flexibility index (Phi) is 4.56. The van der Waals surface area contributed by atoms with Crippen LogP contribution in [-0.2, 0) is 11.3 Å². The molecule has 1 amide bonds. The second kappa shape index (κ2) is 7.02. The summed E-state index contributed by atoms with van der Waals surface area (Å²) in [6.07, 6.45) is 4.20. The number of hydrogen-bond acceptors (Lipinski definition) is 4. The minimum Gasteiger partial charge on any atom is -0.363 e. The fourth-order valence-electron chi connectivity index (χ4n) is 3.69. The first-order valence-electron chi connectivity index (χ1n) is 9.34. The van der Waals surface area contributed by atoms with Crippen LogP contribution in [-0.4, -0.2) is 22.5 Å². The standard InChI is InChI=1S/C21H22FN3O2/c1-2-15-10-11-17(18(22)14-15)20(26)23-25-19(16-8-4-3-5-9-16)24-27-21(25)12-6-7-13-21/h3-5,8-11,14H,2,6-7,12-13H2,1H3,(H,23,26). The van der Waals surface area contributed by atoms with E-state index in [-0.39, 0.29) is 5.56 Å². The van der Waals surface area contributed by atoms with Crippen LogP contribution >= 0.6 is 0 Å². The molecule has 0 unspecified atom stereocenters. The lowest BCUT2D eigenvalue weighted by atomic mass is 10.1. The highest BCUT2D eigenvalue weighted by Gasteiger charge is 2.49. The van der Waals surface area contributed by atoms with E-state index in [1.54, 1.807) is 11.1 Å². The second-order valence-electron chi connectivity index (χ2n) is 6.97. The summed E-state index contributed by atoms with van der Waals surface area (Å²) >= 11 is 0. The zero-order valence-electron chi connectivity index (χ0n) is 15.2. The molecule has 6 heteroatoms. The Balaban J connectivity index is 1.64. The lowest BCUT2D eigenvalue weighted by Gasteiger charge is -2.33. The highest BCUT2D eigenvalue weighted by molar-refractivity contribution is 6.02. The van der Waals surface area contributed by atoms with Crippen molar-refractivity contribution in [3.63, 3.8) is 0 Å². The first kappa shape index (κ1) is 17.5. The van der Waals surface area contributed by atoms with Crippen molar-refractivity contribution in [1.82, 2.24) is 10.4 Å². The summed E-state index contributed by atoms with van der Waals surface area (Å²) in [5, 5.41) is 5.94. The zero-order chi connectivity index (χ0) is 18.9. The fraction of sp³-hybridized carbons (Fsp3) is 0.333. The predicted octanol–water partition coefficient (Wildman–Crippen LogP) is 4.00. The molecule has 5 nitrogen and oxygen atoms in total. The highest BCUT2D eigenvalue weighted by Crippen LogP contribution is 2.40. The molecular formula is C21H22FN3O2. The Bertz CT molecular complexity index is 876. The molecule has 0 bridgehead atoms. The number of amides is 1. The number of halogens is 1. The highest BCUT2D eigenvalue weighted by atomic mass is 19.1. The van der Waals surface area contributed by atoms with Gasteiger partial charge in [0, 0.05) is 18.4 Å². The Morgan fingerprint density at radius 3 is 2.63 bits per heavy atom. The minimum atomic E-state index is -0.694. The van der Waals surface area contributed by atoms with Gasteiger partial charge in [0.2, 0.25) is 5.72 Å². The molecule has 1 aliphatic carbocycles. The molecule has 27 heavy (non-hydrogen) atoms. The molecule has 1 heterocycles. The number of benzene rings is 2. The molecule has 1 aliphatic heterocycles. The van der Waals surface area contributed by atoms with E-state index < -0.39 is 17.4 Å². The summed E-state index contributed by atoms with van der Waals surface area (Å²) in [6.45, 7) is 1.95. The van der Waals surface area contributed by atoms with E-state index >= 15 is 0 Å². The number of rotatable bonds is 4. The lowest BCUT2D eigenvalue weighted by Crippen LogP contribution is -2.56. The van der Waals surface area contributed by atoms with E-state index in [2.05, 4.69) is 10.6 Å². The van der Waals surface area contributed by atoms with Crippen LogP contribution in [0.1, 0.15) is 54.1 Å². The van der Waals surface area contributed by atoms with Crippen LogP contribution in [0.15, 0.2) is 53.7 Å². The molecule has 2 aliphatic rings. The number of carbonyl (C=O) groups excluding carboxylic acids is 1. The van der Waals surface area contributed by atoms with Crippen molar-refractivity contribution in [3.05, 3.63) is 71.0 Å². The summed E-state index contributed by atoms with van der Waals surface area (Å²) in [5.41, 5.74) is 3.86. The summed E-state index contributed by atoms with van der Waals surface area (Å²) in [4.78, 5) is 18.6. The van der Waals surface area contributed by atoms with E-state index in [9.17, 15) is 9.18 Å². The van der Waals surface area contributed by atoms with Crippen molar-refractivity contribution in [3.8, 4) is 0 Å². The average Bonchev–Trinajstić information content (AvgIpc) is 3.30. The van der Waals surface area contributed by atoms with Crippen LogP contribution in [0.2, 0.25) is 0 Å². The van der Waals surface area contributed by atoms with Crippen molar-refractivity contribution in [2.75, 3.05) is 0 Å². The summed E-state index contributed by atoms with van der Waals surface area (Å²) < 4.78 is 14.4. The Morgan fingerprint density at radius 2 is 1.96 bits per heavy atom. The van der Waals surface area contributed by atoms with Crippen molar-refractivity contribution in [2.45, 2.75) is 44.8 Å². The fourth-order valence-corrected chi connectivity index (χ4v) is 3.69. The zero-order valence-corrected chi connectivity index (χ0v) is 15.2. The molecule has 140 valence electrons. The molecular weight excluding hydrogens is 345 g/mol. The van der Waals surface area contributed by atoms with Crippen molar-refractivity contribution >= 4 is 11.7 Å². The molecule has 1 spiro atoms. The molecule has 0 radical (unpaired) electrons. The Morgan fingerprint density at radius 1 is 1.22 bits per heavy atom. The number of hydrazine groups is 1. The number of carbonyl (C=O) groups is 1. The number of nitrogens with zero attached hydrogens (tertiary/aromatic N) is 2. The van der Waals surface area contributed by atoms with Gasteiger partial charge in [-0.1, -0.05) is 48.5 Å². The molecule has 1 N–H and O–H groups in total. The van der Waals surface area contributed by atoms with Crippen molar-refractivity contribution in [2.24, 2.45) is 5.16 Å². The van der Waals surface area contributed by atoms with Gasteiger partial charge < -0.3 is 4.84 Å². The normalized spacial score (nSPS) is 17.7. The molecule has 2 aromatic rings. The van der Waals surface area contributed by atoms with Gasteiger partial charge >= 0.3 is 0 Å². The van der Waals surface area contributed by atoms with E-state index in [0.717, 1.165) is 36.8 Å². The van der Waals surface area contributed by atoms with E-state index in [1.165, 1.54) is 12.1 Å². The van der Waals surface area contributed by atoms with Crippen LogP contribution in [0.4, 0.5) is 4.39 Å². The lowest BCUT2D eigenvalue weighted by molar-refractivity contribution is -0.106. The molecule has 0 saturated heterocycles. The maximum absolute atomic E-state index is 14.4. The van der Waals surface area contributed by atoms with Crippen molar-refractivity contribution in [1.29, 1.82) is 0 Å². The molecule has 1 fully saturated rings. The SMILES string of the molecule is CCc1ccc(C(=O)NN2C(c3ccccc3)=NOC23CCCC3)c(F)c1. The largest absolute Gasteiger partial charge is 0.363 e. The monoisotopic (exact) mass is 367 g/mol. The van der Waals surface area contributed by atoms with Gasteiger partial charge in [-0.2, -0.15) is 0 Å². The number of amidine groups is 1. The summed E-state index contributed by atoms with van der Waals surface area (Å²) in [5.74, 6) is -0.488. The number of nitrogens with one attached hydrogen (secondary N) is 1. The van der Waals surface area contributed by atoms with Crippen LogP contribution in [0.3, 0.4) is 0 Å². The van der Waals surface area contributed by atoms with Gasteiger partial charge in [0.05, 0.1) is 5.56 Å². The van der Waals surface area contributed by atoms with Crippen molar-refractivity contribution < 1.29 is 14.0 Å². The Labute approximate surface area is 157 Å². The smallest absolute Gasteiger partial charge is 0.272 e. The summed E-state index contributed by atoms with van der Waals surface area (Å²) in [6, 6.07) is 14.3. The van der Waals surface area contributed by atoms with Gasteiger partial charge in [0.15, 0.2) is 5.84 Å². The maximum Gasteiger partial charge on any atom is 0.272 e. The third-order valence-corrected chi connectivity index (χ3v) is 5.24. The molecule has 1 saturated carbocycles. The topological polar surface area (TPSA) is 53.9 Å². The van der Waals surface area contributed by atoms with Gasteiger partial charge in [0.1, 0.15) is 5.82 Å². The third-order valence-electron chi connectivity index (χ3n) is 5.24. The predicted molar refractivity (Wildman–Crippen MR) is 100 cm³/mol. The quantitative estimate of drug-likeness (QED) is 0.889. The second-order valence-corrected chi connectivity index (χ2v) is 6.97. The van der Waals surface area contributed by atoms with Crippen LogP contribution < -0.4 is 5.43 Å². The Hall–Kier alpha value is -2.89. The molecule has 0 aromatic heterocycles. The van der Waals surface area contributed by atoms with Gasteiger partial charge in [-0.05, 0) is 37.0 Å². The maximum atomic E-state index is 14.4. The van der Waals surface area contributed by atoms with Crippen LogP contribution in [0, 0.1) is 5.82 Å². The molecule has 2 aromatic carbocycles. The van der Waals surface area contributed by atoms with Gasteiger partial charge in [-0.25, -0.2) is 9.40 Å². The first-order valence-corrected chi connectivity index (χ1v) is 9.34. The number of hydrogen-bond donors (Lipinski definition) is 1. The van der Waals surface area contributed by atoms with Crippen LogP contribution in [0.5, 0.6) is 0 Å².